The highest BCUT2D eigenvalue weighted by Crippen LogP contribution is 2.33. The molecule has 0 spiro atoms. The van der Waals surface area contributed by atoms with E-state index in [9.17, 15) is 31.2 Å². The third-order valence-corrected chi connectivity index (χ3v) is 8.74. The minimum Gasteiger partial charge on any atom is -0.354 e. The maximum absolute atomic E-state index is 14.0. The van der Waals surface area contributed by atoms with E-state index in [0.29, 0.717) is 33.9 Å². The van der Waals surface area contributed by atoms with Crippen molar-refractivity contribution in [3.8, 4) is 0 Å². The summed E-state index contributed by atoms with van der Waals surface area (Å²) in [5.41, 5.74) is -1.02. The number of amides is 2. The first-order chi connectivity index (χ1) is 19.8. The molecule has 3 aromatic rings. The number of alkyl halides is 3. The van der Waals surface area contributed by atoms with Crippen LogP contribution in [0.2, 0.25) is 10.0 Å². The topological polar surface area (TPSA) is 86.8 Å². The molecule has 0 aliphatic heterocycles. The summed E-state index contributed by atoms with van der Waals surface area (Å²) in [5.74, 6) is -1.29. The van der Waals surface area contributed by atoms with Crippen molar-refractivity contribution in [2.45, 2.75) is 50.3 Å². The van der Waals surface area contributed by atoms with Crippen LogP contribution in [0.25, 0.3) is 0 Å². The van der Waals surface area contributed by atoms with Gasteiger partial charge in [-0.05, 0) is 60.9 Å². The number of carbonyl (C=O) groups excluding carboxylic acids is 2. The Morgan fingerprint density at radius 1 is 0.952 bits per heavy atom. The lowest BCUT2D eigenvalue weighted by Crippen LogP contribution is -2.52. The van der Waals surface area contributed by atoms with E-state index in [1.807, 2.05) is 6.92 Å². The number of nitrogens with one attached hydrogen (secondary N) is 1. The molecule has 0 radical (unpaired) electrons. The summed E-state index contributed by atoms with van der Waals surface area (Å²) in [6.45, 7) is 2.82. The molecule has 0 unspecified atom stereocenters. The fourth-order valence-corrected chi connectivity index (χ4v) is 6.10. The van der Waals surface area contributed by atoms with Gasteiger partial charge < -0.3 is 10.2 Å². The normalized spacial score (nSPS) is 12.5. The zero-order chi connectivity index (χ0) is 31.1. The summed E-state index contributed by atoms with van der Waals surface area (Å²) in [6, 6.07) is 14.3. The van der Waals surface area contributed by atoms with Gasteiger partial charge in [0.2, 0.25) is 11.8 Å². The Labute approximate surface area is 253 Å². The van der Waals surface area contributed by atoms with Crippen LogP contribution in [0.15, 0.2) is 77.7 Å². The van der Waals surface area contributed by atoms with Crippen molar-refractivity contribution in [1.29, 1.82) is 0 Å². The van der Waals surface area contributed by atoms with Crippen LogP contribution in [-0.2, 0) is 32.3 Å². The first kappa shape index (κ1) is 33.2. The maximum Gasteiger partial charge on any atom is 0.416 e. The van der Waals surface area contributed by atoms with Crippen molar-refractivity contribution < 1.29 is 31.2 Å². The summed E-state index contributed by atoms with van der Waals surface area (Å²) in [6.07, 6.45) is -3.95. The van der Waals surface area contributed by atoms with E-state index < -0.39 is 46.2 Å². The highest BCUT2D eigenvalue weighted by atomic mass is 35.5. The zero-order valence-corrected chi connectivity index (χ0v) is 25.2. The molecule has 3 aromatic carbocycles. The third kappa shape index (κ3) is 8.17. The Bertz CT molecular complexity index is 1510. The lowest BCUT2D eigenvalue weighted by molar-refractivity contribution is -0.140. The van der Waals surface area contributed by atoms with Crippen molar-refractivity contribution in [2.24, 2.45) is 0 Å². The lowest BCUT2D eigenvalue weighted by atomic mass is 10.1. The number of halogens is 5. The number of sulfonamides is 1. The smallest absolute Gasteiger partial charge is 0.354 e. The molecule has 13 heteroatoms. The van der Waals surface area contributed by atoms with Crippen LogP contribution in [0.5, 0.6) is 0 Å². The second-order valence-electron chi connectivity index (χ2n) is 9.35. The fraction of sp³-hybridized carbons (Fsp3) is 0.310. The molecular formula is C29H30Cl2F3N3O4S. The molecule has 2 amide bonds. The van der Waals surface area contributed by atoms with E-state index >= 15 is 0 Å². The number of benzene rings is 3. The monoisotopic (exact) mass is 643 g/mol. The van der Waals surface area contributed by atoms with E-state index in [1.54, 1.807) is 25.1 Å². The van der Waals surface area contributed by atoms with Gasteiger partial charge in [0.25, 0.3) is 10.0 Å². The van der Waals surface area contributed by atoms with Crippen LogP contribution in [-0.4, -0.2) is 44.3 Å². The molecule has 0 heterocycles. The van der Waals surface area contributed by atoms with Crippen molar-refractivity contribution in [2.75, 3.05) is 17.4 Å². The van der Waals surface area contributed by atoms with E-state index in [2.05, 4.69) is 5.32 Å². The van der Waals surface area contributed by atoms with Gasteiger partial charge >= 0.3 is 6.18 Å². The van der Waals surface area contributed by atoms with Crippen LogP contribution in [0, 0.1) is 0 Å². The number of carbonyl (C=O) groups is 2. The molecule has 0 bridgehead atoms. The summed E-state index contributed by atoms with van der Waals surface area (Å²) < 4.78 is 68.9. The SMILES string of the molecule is CCCNC(=O)[C@@H](CC)N(Cc1ccc(Cl)cc1Cl)C(=O)CN(c1cccc(C(F)(F)F)c1)S(=O)(=O)c1ccccc1. The van der Waals surface area contributed by atoms with Gasteiger partial charge in [-0.25, -0.2) is 8.42 Å². The Kier molecular flexibility index (Phi) is 11.3. The summed E-state index contributed by atoms with van der Waals surface area (Å²) in [4.78, 5) is 28.1. The van der Waals surface area contributed by atoms with E-state index in [1.165, 1.54) is 41.3 Å². The van der Waals surface area contributed by atoms with Crippen LogP contribution in [0.1, 0.15) is 37.8 Å². The average Bonchev–Trinajstić information content (AvgIpc) is 2.95. The predicted molar refractivity (Wildman–Crippen MR) is 157 cm³/mol. The molecule has 0 saturated carbocycles. The van der Waals surface area contributed by atoms with E-state index in [-0.39, 0.29) is 28.6 Å². The standard InChI is InChI=1S/C29H30Cl2F3N3O4S/c1-3-15-35-28(39)26(4-2)36(18-20-13-14-22(30)17-25(20)31)27(38)19-37(42(40,41)24-11-6-5-7-12-24)23-10-8-9-21(16-23)29(32,33)34/h5-14,16-17,26H,3-4,15,18-19H2,1-2H3,(H,35,39)/t26-/m1/s1. The Morgan fingerprint density at radius 2 is 1.64 bits per heavy atom. The predicted octanol–water partition coefficient (Wildman–Crippen LogP) is 6.54. The van der Waals surface area contributed by atoms with Crippen molar-refractivity contribution >= 4 is 50.7 Å². The van der Waals surface area contributed by atoms with Gasteiger partial charge in [0.1, 0.15) is 12.6 Å². The van der Waals surface area contributed by atoms with Crippen LogP contribution < -0.4 is 9.62 Å². The average molecular weight is 645 g/mol. The van der Waals surface area contributed by atoms with E-state index in [0.717, 1.165) is 12.1 Å². The molecule has 0 fully saturated rings. The number of rotatable bonds is 12. The Balaban J connectivity index is 2.12. The minimum atomic E-state index is -4.76. The van der Waals surface area contributed by atoms with Gasteiger partial charge in [-0.2, -0.15) is 13.2 Å². The zero-order valence-electron chi connectivity index (χ0n) is 22.9. The molecule has 1 atom stereocenters. The molecule has 7 nitrogen and oxygen atoms in total. The van der Waals surface area contributed by atoms with Gasteiger partial charge in [-0.3, -0.25) is 13.9 Å². The van der Waals surface area contributed by atoms with Gasteiger partial charge in [-0.1, -0.05) is 67.4 Å². The van der Waals surface area contributed by atoms with Gasteiger partial charge in [-0.15, -0.1) is 0 Å². The third-order valence-electron chi connectivity index (χ3n) is 6.36. The van der Waals surface area contributed by atoms with E-state index in [4.69, 9.17) is 23.2 Å². The quantitative estimate of drug-likeness (QED) is 0.243. The Hall–Kier alpha value is -3.28. The van der Waals surface area contributed by atoms with Gasteiger partial charge in [0, 0.05) is 23.1 Å². The molecule has 0 saturated heterocycles. The second kappa shape index (κ2) is 14.3. The largest absolute Gasteiger partial charge is 0.416 e. The summed E-state index contributed by atoms with van der Waals surface area (Å²) in [5, 5.41) is 3.31. The molecule has 0 aliphatic rings. The van der Waals surface area contributed by atoms with Gasteiger partial charge in [0.05, 0.1) is 16.1 Å². The number of hydrogen-bond acceptors (Lipinski definition) is 4. The second-order valence-corrected chi connectivity index (χ2v) is 12.1. The fourth-order valence-electron chi connectivity index (χ4n) is 4.20. The maximum atomic E-state index is 14.0. The first-order valence-electron chi connectivity index (χ1n) is 13.1. The van der Waals surface area contributed by atoms with Crippen molar-refractivity contribution in [3.05, 3.63) is 94.0 Å². The van der Waals surface area contributed by atoms with Crippen molar-refractivity contribution in [3.63, 3.8) is 0 Å². The molecule has 226 valence electrons. The summed E-state index contributed by atoms with van der Waals surface area (Å²) >= 11 is 12.4. The molecular weight excluding hydrogens is 614 g/mol. The molecule has 3 rings (SSSR count). The van der Waals surface area contributed by atoms with Crippen LogP contribution in [0.3, 0.4) is 0 Å². The number of nitrogens with zero attached hydrogens (tertiary/aromatic N) is 2. The molecule has 42 heavy (non-hydrogen) atoms. The van der Waals surface area contributed by atoms with Crippen molar-refractivity contribution in [1.82, 2.24) is 10.2 Å². The molecule has 0 aromatic heterocycles. The lowest BCUT2D eigenvalue weighted by Gasteiger charge is -2.33. The highest BCUT2D eigenvalue weighted by Gasteiger charge is 2.36. The minimum absolute atomic E-state index is 0.168. The molecule has 0 aliphatic carbocycles. The molecule has 1 N–H and O–H groups in total. The van der Waals surface area contributed by atoms with Crippen LogP contribution in [0.4, 0.5) is 18.9 Å². The highest BCUT2D eigenvalue weighted by molar-refractivity contribution is 7.92. The Morgan fingerprint density at radius 3 is 2.24 bits per heavy atom. The summed E-state index contributed by atoms with van der Waals surface area (Å²) in [7, 11) is -4.52. The van der Waals surface area contributed by atoms with Crippen LogP contribution >= 0.6 is 23.2 Å². The first-order valence-corrected chi connectivity index (χ1v) is 15.2. The number of anilines is 1. The van der Waals surface area contributed by atoms with Gasteiger partial charge in [0.15, 0.2) is 0 Å². The number of hydrogen-bond donors (Lipinski definition) is 1.